The first kappa shape index (κ1) is 12.0. The minimum Gasteiger partial charge on any atom is -0.399 e. The third-order valence-electron chi connectivity index (χ3n) is 1.88. The van der Waals surface area contributed by atoms with E-state index in [9.17, 15) is 8.60 Å². The summed E-state index contributed by atoms with van der Waals surface area (Å²) in [5.74, 6) is 0.104. The fourth-order valence-corrected chi connectivity index (χ4v) is 2.10. The zero-order chi connectivity index (χ0) is 11.4. The highest BCUT2D eigenvalue weighted by atomic mass is 32.2. The number of hydrogen-bond acceptors (Lipinski definition) is 3. The highest BCUT2D eigenvalue weighted by molar-refractivity contribution is 7.84. The van der Waals surface area contributed by atoms with Gasteiger partial charge in [-0.3, -0.25) is 4.21 Å². The maximum absolute atomic E-state index is 13.3. The molecule has 0 heterocycles. The summed E-state index contributed by atoms with van der Waals surface area (Å²) >= 11 is 0. The molecule has 0 saturated heterocycles. The Labute approximate surface area is 91.3 Å². The monoisotopic (exact) mass is 230 g/mol. The maximum atomic E-state index is 13.3. The van der Waals surface area contributed by atoms with Gasteiger partial charge in [0.25, 0.3) is 0 Å². The number of nitrogens with one attached hydrogen (secondary N) is 1. The van der Waals surface area contributed by atoms with Crippen LogP contribution in [0.1, 0.15) is 6.92 Å². The van der Waals surface area contributed by atoms with E-state index in [4.69, 9.17) is 5.73 Å². The van der Waals surface area contributed by atoms with Crippen LogP contribution in [0.25, 0.3) is 0 Å². The number of nitrogens with two attached hydrogens (primary N) is 1. The summed E-state index contributed by atoms with van der Waals surface area (Å²) in [5, 5.41) is 2.95. The van der Waals surface area contributed by atoms with Gasteiger partial charge < -0.3 is 11.1 Å². The molecular weight excluding hydrogens is 215 g/mol. The summed E-state index contributed by atoms with van der Waals surface area (Å²) in [6.07, 6.45) is 1.62. The van der Waals surface area contributed by atoms with Crippen LogP contribution < -0.4 is 11.1 Å². The third kappa shape index (κ3) is 3.87. The van der Waals surface area contributed by atoms with Crippen molar-refractivity contribution in [3.05, 3.63) is 24.0 Å². The second-order valence-corrected chi connectivity index (χ2v) is 5.00. The van der Waals surface area contributed by atoms with E-state index in [2.05, 4.69) is 5.32 Å². The van der Waals surface area contributed by atoms with E-state index < -0.39 is 10.8 Å². The Morgan fingerprint density at radius 1 is 1.60 bits per heavy atom. The molecule has 0 spiro atoms. The van der Waals surface area contributed by atoms with Crippen LogP contribution in [0.5, 0.6) is 0 Å². The van der Waals surface area contributed by atoms with Crippen LogP contribution in [0, 0.1) is 5.82 Å². The van der Waals surface area contributed by atoms with Crippen molar-refractivity contribution >= 4 is 22.2 Å². The van der Waals surface area contributed by atoms with Gasteiger partial charge in [0.2, 0.25) is 0 Å². The van der Waals surface area contributed by atoms with Gasteiger partial charge in [0.1, 0.15) is 5.82 Å². The van der Waals surface area contributed by atoms with Crippen molar-refractivity contribution in [1.29, 1.82) is 0 Å². The molecule has 5 heteroatoms. The fraction of sp³-hybridized carbons (Fsp3) is 0.400. The van der Waals surface area contributed by atoms with E-state index in [-0.39, 0.29) is 11.9 Å². The second kappa shape index (κ2) is 5.11. The SMILES string of the molecule is CC(CS(C)=O)Nc1ccc(N)cc1F. The predicted octanol–water partition coefficient (Wildman–Crippen LogP) is 1.59. The minimum absolute atomic E-state index is 0.0334. The van der Waals surface area contributed by atoms with E-state index in [0.717, 1.165) is 0 Å². The van der Waals surface area contributed by atoms with E-state index >= 15 is 0 Å². The Morgan fingerprint density at radius 3 is 2.80 bits per heavy atom. The van der Waals surface area contributed by atoms with Crippen LogP contribution in [0.3, 0.4) is 0 Å². The molecule has 0 saturated carbocycles. The first-order valence-electron chi connectivity index (χ1n) is 4.60. The molecule has 0 aliphatic rings. The van der Waals surface area contributed by atoms with Gasteiger partial charge in [-0.2, -0.15) is 0 Å². The smallest absolute Gasteiger partial charge is 0.148 e. The van der Waals surface area contributed by atoms with Gasteiger partial charge in [0.15, 0.2) is 0 Å². The molecule has 1 aromatic carbocycles. The van der Waals surface area contributed by atoms with Gasteiger partial charge in [-0.1, -0.05) is 0 Å². The van der Waals surface area contributed by atoms with Gasteiger partial charge in [-0.25, -0.2) is 4.39 Å². The largest absolute Gasteiger partial charge is 0.399 e. The van der Waals surface area contributed by atoms with Gasteiger partial charge >= 0.3 is 0 Å². The number of nitrogen functional groups attached to an aromatic ring is 1. The Morgan fingerprint density at radius 2 is 2.27 bits per heavy atom. The fourth-order valence-electron chi connectivity index (χ4n) is 1.31. The van der Waals surface area contributed by atoms with Gasteiger partial charge in [0.05, 0.1) is 5.69 Å². The Hall–Kier alpha value is -1.10. The topological polar surface area (TPSA) is 55.1 Å². The van der Waals surface area contributed by atoms with Crippen molar-refractivity contribution in [2.24, 2.45) is 0 Å². The molecule has 84 valence electrons. The lowest BCUT2D eigenvalue weighted by molar-refractivity contribution is 0.628. The van der Waals surface area contributed by atoms with Crippen molar-refractivity contribution < 1.29 is 8.60 Å². The molecule has 0 aliphatic carbocycles. The second-order valence-electron chi connectivity index (χ2n) is 3.52. The average Bonchev–Trinajstić information content (AvgIpc) is 2.08. The predicted molar refractivity (Wildman–Crippen MR) is 62.8 cm³/mol. The van der Waals surface area contributed by atoms with E-state index in [1.54, 1.807) is 18.4 Å². The standard InChI is InChI=1S/C10H15FN2OS/c1-7(6-15(2)14)13-10-4-3-8(12)5-9(10)11/h3-5,7,13H,6,12H2,1-2H3. The highest BCUT2D eigenvalue weighted by Gasteiger charge is 2.07. The normalized spacial score (nSPS) is 14.6. The van der Waals surface area contributed by atoms with Crippen molar-refractivity contribution in [1.82, 2.24) is 0 Å². The summed E-state index contributed by atoms with van der Waals surface area (Å²) in [7, 11) is -0.890. The van der Waals surface area contributed by atoms with E-state index in [1.807, 2.05) is 6.92 Å². The highest BCUT2D eigenvalue weighted by Crippen LogP contribution is 2.17. The molecule has 0 bridgehead atoms. The van der Waals surface area contributed by atoms with Crippen molar-refractivity contribution in [2.45, 2.75) is 13.0 Å². The van der Waals surface area contributed by atoms with E-state index in [1.165, 1.54) is 6.07 Å². The van der Waals surface area contributed by atoms with Crippen molar-refractivity contribution in [2.75, 3.05) is 23.1 Å². The van der Waals surface area contributed by atoms with E-state index in [0.29, 0.717) is 17.1 Å². The summed E-state index contributed by atoms with van der Waals surface area (Å²) in [6, 6.07) is 4.44. The molecule has 15 heavy (non-hydrogen) atoms. The quantitative estimate of drug-likeness (QED) is 0.772. The summed E-state index contributed by atoms with van der Waals surface area (Å²) < 4.78 is 24.3. The van der Waals surface area contributed by atoms with Crippen LogP contribution in [0.15, 0.2) is 18.2 Å². The minimum atomic E-state index is -0.890. The van der Waals surface area contributed by atoms with Crippen LogP contribution >= 0.6 is 0 Å². The number of anilines is 2. The molecular formula is C10H15FN2OS. The van der Waals surface area contributed by atoms with Crippen LogP contribution in [-0.4, -0.2) is 22.3 Å². The lowest BCUT2D eigenvalue weighted by Gasteiger charge is -2.14. The number of rotatable bonds is 4. The van der Waals surface area contributed by atoms with Crippen molar-refractivity contribution in [3.63, 3.8) is 0 Å². The molecule has 1 aromatic rings. The Bertz CT molecular complexity index is 370. The lowest BCUT2D eigenvalue weighted by Crippen LogP contribution is -2.22. The molecule has 0 aromatic heterocycles. The number of benzene rings is 1. The number of halogens is 1. The van der Waals surface area contributed by atoms with Crippen LogP contribution in [0.4, 0.5) is 15.8 Å². The maximum Gasteiger partial charge on any atom is 0.148 e. The van der Waals surface area contributed by atoms with Crippen LogP contribution in [-0.2, 0) is 10.8 Å². The summed E-state index contributed by atoms with van der Waals surface area (Å²) in [4.78, 5) is 0. The summed E-state index contributed by atoms with van der Waals surface area (Å²) in [6.45, 7) is 1.86. The zero-order valence-electron chi connectivity index (χ0n) is 8.79. The molecule has 3 nitrogen and oxygen atoms in total. The molecule has 3 N–H and O–H groups in total. The molecule has 0 fully saturated rings. The average molecular weight is 230 g/mol. The first-order chi connectivity index (χ1) is 6.99. The number of hydrogen-bond donors (Lipinski definition) is 2. The van der Waals surface area contributed by atoms with Gasteiger partial charge in [-0.15, -0.1) is 0 Å². The Balaban J connectivity index is 2.68. The molecule has 0 aliphatic heterocycles. The Kier molecular flexibility index (Phi) is 4.08. The molecule has 2 unspecified atom stereocenters. The molecule has 1 rings (SSSR count). The first-order valence-corrected chi connectivity index (χ1v) is 6.33. The third-order valence-corrected chi connectivity index (χ3v) is 2.85. The van der Waals surface area contributed by atoms with Crippen LogP contribution in [0.2, 0.25) is 0 Å². The summed E-state index contributed by atoms with van der Waals surface area (Å²) in [5.41, 5.74) is 6.21. The molecule has 0 radical (unpaired) electrons. The zero-order valence-corrected chi connectivity index (χ0v) is 9.60. The molecule has 0 amide bonds. The van der Waals surface area contributed by atoms with Gasteiger partial charge in [-0.05, 0) is 25.1 Å². The molecule has 2 atom stereocenters. The lowest BCUT2D eigenvalue weighted by atomic mass is 10.2. The van der Waals surface area contributed by atoms with Crippen molar-refractivity contribution in [3.8, 4) is 0 Å². The van der Waals surface area contributed by atoms with Gasteiger partial charge in [0, 0.05) is 34.5 Å².